The van der Waals surface area contributed by atoms with Crippen molar-refractivity contribution in [2.45, 2.75) is 20.6 Å². The number of aryl methyl sites for hydroxylation is 2. The maximum atomic E-state index is 15.3. The number of hydrogen-bond donors (Lipinski definition) is 2. The van der Waals surface area contributed by atoms with E-state index in [4.69, 9.17) is 4.74 Å². The zero-order valence-electron chi connectivity index (χ0n) is 23.1. The maximum Gasteiger partial charge on any atom is 0.261 e. The molecule has 0 fully saturated rings. The van der Waals surface area contributed by atoms with E-state index in [-0.39, 0.29) is 35.0 Å². The van der Waals surface area contributed by atoms with E-state index < -0.39 is 11.7 Å². The Morgan fingerprint density at radius 3 is 2.57 bits per heavy atom. The molecule has 3 heterocycles. The summed E-state index contributed by atoms with van der Waals surface area (Å²) in [5, 5.41) is 13.5. The molecule has 3 aromatic heterocycles. The Kier molecular flexibility index (Phi) is 6.75. The Balaban J connectivity index is 1.33. The van der Waals surface area contributed by atoms with Gasteiger partial charge in [-0.05, 0) is 43.7 Å². The maximum absolute atomic E-state index is 15.3. The molecule has 0 radical (unpaired) electrons. The van der Waals surface area contributed by atoms with Gasteiger partial charge in [-0.3, -0.25) is 9.59 Å². The number of fused-ring (bicyclic) bond motifs is 2. The number of hydrogen-bond acceptors (Lipinski definition) is 6. The van der Waals surface area contributed by atoms with E-state index in [1.165, 1.54) is 18.5 Å². The average molecular weight is 564 g/mol. The summed E-state index contributed by atoms with van der Waals surface area (Å²) in [6.07, 6.45) is 3.01. The second kappa shape index (κ2) is 10.6. The molecule has 6 rings (SSSR count). The van der Waals surface area contributed by atoms with Gasteiger partial charge in [-0.25, -0.2) is 14.4 Å². The molecule has 0 atom stereocenters. The molecule has 3 aromatic carbocycles. The molecule has 0 aliphatic heterocycles. The number of rotatable bonds is 6. The zero-order valence-corrected chi connectivity index (χ0v) is 23.1. The molecule has 0 saturated heterocycles. The molecule has 0 aliphatic carbocycles. The van der Waals surface area contributed by atoms with E-state index in [1.807, 2.05) is 49.4 Å². The Labute approximate surface area is 239 Å². The van der Waals surface area contributed by atoms with Gasteiger partial charge in [0.25, 0.3) is 5.91 Å². The summed E-state index contributed by atoms with van der Waals surface area (Å²) in [5.41, 5.74) is 3.84. The van der Waals surface area contributed by atoms with Crippen molar-refractivity contribution in [2.75, 3.05) is 5.32 Å². The summed E-state index contributed by atoms with van der Waals surface area (Å²) in [4.78, 5) is 35.1. The minimum atomic E-state index is -0.749. The van der Waals surface area contributed by atoms with Gasteiger partial charge in [0.2, 0.25) is 11.3 Å². The van der Waals surface area contributed by atoms with E-state index in [9.17, 15) is 14.7 Å². The minimum absolute atomic E-state index is 0.0125. The number of nitrogens with zero attached hydrogens (tertiary/aromatic N) is 4. The van der Waals surface area contributed by atoms with E-state index >= 15 is 4.39 Å². The molecule has 0 spiro atoms. The van der Waals surface area contributed by atoms with Crippen LogP contribution in [-0.2, 0) is 13.8 Å². The molecular formula is C32H26FN5O4. The summed E-state index contributed by atoms with van der Waals surface area (Å²) >= 11 is 0. The fourth-order valence-electron chi connectivity index (χ4n) is 5.12. The fraction of sp³-hybridized carbons (Fsp3) is 0.125. The van der Waals surface area contributed by atoms with E-state index in [0.29, 0.717) is 27.7 Å². The van der Waals surface area contributed by atoms with Crippen molar-refractivity contribution in [3.8, 4) is 22.8 Å². The van der Waals surface area contributed by atoms with Crippen LogP contribution in [-0.4, -0.2) is 30.1 Å². The number of amides is 1. The zero-order chi connectivity index (χ0) is 29.5. The molecule has 0 bridgehead atoms. The lowest BCUT2D eigenvalue weighted by Gasteiger charge is -2.15. The first-order valence-corrected chi connectivity index (χ1v) is 13.2. The number of carbonyl (C=O) groups is 1. The smallest absolute Gasteiger partial charge is 0.261 e. The lowest BCUT2D eigenvalue weighted by Crippen LogP contribution is -2.26. The lowest BCUT2D eigenvalue weighted by molar-refractivity contribution is 0.102. The number of halogens is 1. The normalized spacial score (nSPS) is 11.3. The molecule has 0 saturated carbocycles. The third kappa shape index (κ3) is 4.57. The first-order valence-electron chi connectivity index (χ1n) is 13.2. The van der Waals surface area contributed by atoms with Gasteiger partial charge in [-0.15, -0.1) is 0 Å². The molecule has 0 unspecified atom stereocenters. The Bertz CT molecular complexity index is 2070. The molecular weight excluding hydrogens is 537 g/mol. The van der Waals surface area contributed by atoms with Gasteiger partial charge in [-0.2, -0.15) is 0 Å². The highest BCUT2D eigenvalue weighted by Gasteiger charge is 2.21. The monoisotopic (exact) mass is 563 g/mol. The summed E-state index contributed by atoms with van der Waals surface area (Å²) in [7, 11) is 1.79. The molecule has 1 amide bonds. The molecule has 0 aliphatic rings. The number of benzene rings is 3. The number of ether oxygens (including phenoxy) is 1. The summed E-state index contributed by atoms with van der Waals surface area (Å²) in [6, 6.07) is 18.9. The highest BCUT2D eigenvalue weighted by molar-refractivity contribution is 6.07. The average Bonchev–Trinajstić information content (AvgIpc) is 3.38. The van der Waals surface area contributed by atoms with Crippen LogP contribution in [0.2, 0.25) is 0 Å². The Hall–Kier alpha value is -5.35. The SMILES string of the molecule is Cc1ccc2c(c1)c(=O)c(C(=O)Nc1ccc(Oc3ncnc4c3c(-c3ccccc3)cn4CO)c(F)c1)c(C)n2C. The van der Waals surface area contributed by atoms with Crippen LogP contribution < -0.4 is 15.5 Å². The number of carbonyl (C=O) groups excluding carboxylic acids is 1. The van der Waals surface area contributed by atoms with Crippen molar-refractivity contribution in [3.63, 3.8) is 0 Å². The van der Waals surface area contributed by atoms with Crippen LogP contribution >= 0.6 is 0 Å². The predicted molar refractivity (Wildman–Crippen MR) is 158 cm³/mol. The summed E-state index contributed by atoms with van der Waals surface area (Å²) in [5.74, 6) is -1.41. The van der Waals surface area contributed by atoms with Crippen LogP contribution in [0.4, 0.5) is 10.1 Å². The third-order valence-electron chi connectivity index (χ3n) is 7.33. The van der Waals surface area contributed by atoms with Crippen LogP contribution in [0.25, 0.3) is 33.1 Å². The molecule has 9 nitrogen and oxygen atoms in total. The fourth-order valence-corrected chi connectivity index (χ4v) is 5.12. The summed E-state index contributed by atoms with van der Waals surface area (Å²) in [6.45, 7) is 3.26. The molecule has 6 aromatic rings. The van der Waals surface area contributed by atoms with Crippen molar-refractivity contribution in [2.24, 2.45) is 7.05 Å². The number of anilines is 1. The summed E-state index contributed by atoms with van der Waals surface area (Å²) < 4.78 is 24.6. The number of aromatic nitrogens is 4. The number of aliphatic hydroxyl groups excluding tert-OH is 1. The highest BCUT2D eigenvalue weighted by atomic mass is 19.1. The highest BCUT2D eigenvalue weighted by Crippen LogP contribution is 2.37. The van der Waals surface area contributed by atoms with Crippen molar-refractivity contribution < 1.29 is 19.0 Å². The first kappa shape index (κ1) is 26.9. The van der Waals surface area contributed by atoms with Crippen molar-refractivity contribution >= 4 is 33.5 Å². The van der Waals surface area contributed by atoms with Crippen molar-refractivity contribution in [1.29, 1.82) is 0 Å². The van der Waals surface area contributed by atoms with Crippen LogP contribution in [0.5, 0.6) is 11.6 Å². The van der Waals surface area contributed by atoms with E-state index in [0.717, 1.165) is 22.7 Å². The molecule has 2 N–H and O–H groups in total. The molecule has 210 valence electrons. The van der Waals surface area contributed by atoms with Gasteiger partial charge in [0.1, 0.15) is 24.3 Å². The molecule has 42 heavy (non-hydrogen) atoms. The topological polar surface area (TPSA) is 111 Å². The third-order valence-corrected chi connectivity index (χ3v) is 7.33. The predicted octanol–water partition coefficient (Wildman–Crippen LogP) is 5.70. The Morgan fingerprint density at radius 1 is 1.05 bits per heavy atom. The van der Waals surface area contributed by atoms with Gasteiger partial charge in [0.05, 0.1) is 10.9 Å². The second-order valence-corrected chi connectivity index (χ2v) is 9.97. The molecule has 10 heteroatoms. The van der Waals surface area contributed by atoms with Crippen molar-refractivity contribution in [3.05, 3.63) is 112 Å². The van der Waals surface area contributed by atoms with Gasteiger partial charge >= 0.3 is 0 Å². The van der Waals surface area contributed by atoms with Gasteiger partial charge < -0.3 is 24.3 Å². The minimum Gasteiger partial charge on any atom is -0.435 e. The standard InChI is InChI=1S/C32H26FN5O4/c1-18-9-11-25-22(13-18)29(40)27(19(2)37(25)3)31(41)36-21-10-12-26(24(33)14-21)42-32-28-23(20-7-5-4-6-8-20)15-38(17-39)30(28)34-16-35-32/h4-16,39H,17H2,1-3H3,(H,36,41). The van der Waals surface area contributed by atoms with Crippen LogP contribution in [0, 0.1) is 19.7 Å². The van der Waals surface area contributed by atoms with Gasteiger partial charge in [0, 0.05) is 41.6 Å². The van der Waals surface area contributed by atoms with Gasteiger partial charge in [0.15, 0.2) is 11.6 Å². The second-order valence-electron chi connectivity index (χ2n) is 9.97. The van der Waals surface area contributed by atoms with Crippen LogP contribution in [0.3, 0.4) is 0 Å². The largest absolute Gasteiger partial charge is 0.435 e. The quantitative estimate of drug-likeness (QED) is 0.269. The van der Waals surface area contributed by atoms with E-state index in [2.05, 4.69) is 15.3 Å². The van der Waals surface area contributed by atoms with E-state index in [1.54, 1.807) is 35.4 Å². The number of pyridine rings is 1. The Morgan fingerprint density at radius 2 is 1.83 bits per heavy atom. The number of nitrogens with one attached hydrogen (secondary N) is 1. The number of aliphatic hydroxyl groups is 1. The van der Waals surface area contributed by atoms with Crippen LogP contribution in [0.15, 0.2) is 84.0 Å². The lowest BCUT2D eigenvalue weighted by atomic mass is 10.1. The van der Waals surface area contributed by atoms with Crippen molar-refractivity contribution in [1.82, 2.24) is 19.1 Å². The van der Waals surface area contributed by atoms with Gasteiger partial charge in [-0.1, -0.05) is 42.0 Å². The first-order chi connectivity index (χ1) is 20.3. The van der Waals surface area contributed by atoms with Crippen LogP contribution in [0.1, 0.15) is 21.6 Å².